The first kappa shape index (κ1) is 20.7. The fourth-order valence-electron chi connectivity index (χ4n) is 3.32. The quantitative estimate of drug-likeness (QED) is 0.333. The van der Waals surface area contributed by atoms with Crippen LogP contribution in [0.2, 0.25) is 0 Å². The molecule has 5 rings (SSSR count). The van der Waals surface area contributed by atoms with Gasteiger partial charge in [-0.1, -0.05) is 47.7 Å². The number of benzene rings is 3. The van der Waals surface area contributed by atoms with Crippen LogP contribution < -0.4 is 20.1 Å². The van der Waals surface area contributed by atoms with Crippen molar-refractivity contribution in [2.75, 3.05) is 11.9 Å². The summed E-state index contributed by atoms with van der Waals surface area (Å²) in [6.45, 7) is -0.0893. The van der Waals surface area contributed by atoms with Gasteiger partial charge in [0, 0.05) is 3.57 Å². The standard InChI is InChI=1S/C24H16IN3O3S/c25-17-5-1-2-6-18(17)26-22(29)14-31-16-11-9-15(10-12-16)13-21-23(30)28-20-8-4-3-7-19(20)27-24(28)32-21/h1-13H,14H2,(H,26,29)/b21-13+. The number of nitrogens with one attached hydrogen (secondary N) is 1. The van der Waals surface area contributed by atoms with Gasteiger partial charge in [-0.25, -0.2) is 9.38 Å². The molecule has 2 aromatic heterocycles. The fraction of sp³-hybridized carbons (Fsp3) is 0.0417. The van der Waals surface area contributed by atoms with Crippen molar-refractivity contribution in [2.45, 2.75) is 0 Å². The molecule has 0 aliphatic carbocycles. The number of anilines is 1. The molecule has 0 bridgehead atoms. The van der Waals surface area contributed by atoms with Crippen molar-refractivity contribution in [1.29, 1.82) is 0 Å². The Hall–Kier alpha value is -3.24. The lowest BCUT2D eigenvalue weighted by Gasteiger charge is -2.09. The first-order valence-corrected chi connectivity index (χ1v) is 11.7. The van der Waals surface area contributed by atoms with Crippen LogP contribution in [0.5, 0.6) is 5.75 Å². The molecule has 0 aliphatic heterocycles. The molecule has 0 aliphatic rings. The molecule has 0 saturated heterocycles. The summed E-state index contributed by atoms with van der Waals surface area (Å²) in [5.74, 6) is 0.351. The Morgan fingerprint density at radius 3 is 2.62 bits per heavy atom. The number of carbonyl (C=O) groups excluding carboxylic acids is 1. The lowest BCUT2D eigenvalue weighted by molar-refractivity contribution is -0.118. The molecule has 8 heteroatoms. The summed E-state index contributed by atoms with van der Waals surface area (Å²) < 4.78 is 8.82. The van der Waals surface area contributed by atoms with Crippen LogP contribution in [0, 0.1) is 3.57 Å². The average molecular weight is 553 g/mol. The van der Waals surface area contributed by atoms with Gasteiger partial charge in [0.05, 0.1) is 21.3 Å². The maximum Gasteiger partial charge on any atom is 0.274 e. The predicted molar refractivity (Wildman–Crippen MR) is 135 cm³/mol. The van der Waals surface area contributed by atoms with Gasteiger partial charge in [0.25, 0.3) is 11.5 Å². The van der Waals surface area contributed by atoms with Gasteiger partial charge in [0.1, 0.15) is 5.75 Å². The third kappa shape index (κ3) is 4.11. The number of imidazole rings is 1. The van der Waals surface area contributed by atoms with Crippen LogP contribution in [0.3, 0.4) is 0 Å². The SMILES string of the molecule is O=C(COc1ccc(/C=c2/sc3nc4ccccc4n3c2=O)cc1)Nc1ccccc1I. The molecule has 1 amide bonds. The van der Waals surface area contributed by atoms with Crippen molar-refractivity contribution in [1.82, 2.24) is 9.38 Å². The van der Waals surface area contributed by atoms with Crippen molar-refractivity contribution in [2.24, 2.45) is 0 Å². The molecular weight excluding hydrogens is 537 g/mol. The van der Waals surface area contributed by atoms with Gasteiger partial charge < -0.3 is 10.1 Å². The van der Waals surface area contributed by atoms with E-state index in [4.69, 9.17) is 4.74 Å². The molecule has 0 saturated carbocycles. The molecule has 6 nitrogen and oxygen atoms in total. The van der Waals surface area contributed by atoms with E-state index < -0.39 is 0 Å². The van der Waals surface area contributed by atoms with E-state index >= 15 is 0 Å². The molecule has 0 radical (unpaired) electrons. The van der Waals surface area contributed by atoms with E-state index in [9.17, 15) is 9.59 Å². The van der Waals surface area contributed by atoms with E-state index in [1.165, 1.54) is 11.3 Å². The van der Waals surface area contributed by atoms with Crippen molar-refractivity contribution in [3.05, 3.63) is 96.8 Å². The minimum absolute atomic E-state index is 0.0776. The van der Waals surface area contributed by atoms with Crippen LogP contribution in [-0.2, 0) is 4.79 Å². The Morgan fingerprint density at radius 2 is 1.81 bits per heavy atom. The number of nitrogens with zero attached hydrogens (tertiary/aromatic N) is 2. The fourth-order valence-corrected chi connectivity index (χ4v) is 4.83. The first-order valence-electron chi connectivity index (χ1n) is 9.77. The minimum atomic E-state index is -0.227. The summed E-state index contributed by atoms with van der Waals surface area (Å²) in [6, 6.07) is 22.4. The number of hydrogen-bond acceptors (Lipinski definition) is 5. The van der Waals surface area contributed by atoms with Crippen molar-refractivity contribution < 1.29 is 9.53 Å². The maximum absolute atomic E-state index is 12.9. The molecule has 0 atom stereocenters. The Bertz CT molecular complexity index is 1560. The maximum atomic E-state index is 12.9. The molecule has 32 heavy (non-hydrogen) atoms. The second kappa shape index (κ2) is 8.71. The van der Waals surface area contributed by atoms with E-state index in [1.54, 1.807) is 16.5 Å². The summed E-state index contributed by atoms with van der Waals surface area (Å²) >= 11 is 3.53. The molecular formula is C24H16IN3O3S. The molecule has 5 aromatic rings. The van der Waals surface area contributed by atoms with Crippen LogP contribution in [0.1, 0.15) is 5.56 Å². The molecule has 158 valence electrons. The molecule has 2 heterocycles. The molecule has 0 fully saturated rings. The van der Waals surface area contributed by atoms with E-state index in [2.05, 4.69) is 32.9 Å². The van der Waals surface area contributed by atoms with Gasteiger partial charge in [-0.2, -0.15) is 0 Å². The zero-order chi connectivity index (χ0) is 22.1. The van der Waals surface area contributed by atoms with Gasteiger partial charge in [-0.15, -0.1) is 0 Å². The van der Waals surface area contributed by atoms with E-state index in [-0.39, 0.29) is 18.1 Å². The highest BCUT2D eigenvalue weighted by Gasteiger charge is 2.10. The third-order valence-corrected chi connectivity index (χ3v) is 6.75. The summed E-state index contributed by atoms with van der Waals surface area (Å²) in [4.78, 5) is 30.2. The molecule has 1 N–H and O–H groups in total. The number of rotatable bonds is 5. The Balaban J connectivity index is 1.30. The van der Waals surface area contributed by atoms with Crippen molar-refractivity contribution in [3.8, 4) is 5.75 Å². The van der Waals surface area contributed by atoms with Gasteiger partial charge >= 0.3 is 0 Å². The minimum Gasteiger partial charge on any atom is -0.484 e. The second-order valence-corrected chi connectivity index (χ2v) is 9.19. The summed E-state index contributed by atoms with van der Waals surface area (Å²) in [5.41, 5.74) is 3.18. The number of para-hydroxylation sites is 3. The Labute approximate surface area is 200 Å². The Morgan fingerprint density at radius 1 is 1.06 bits per heavy atom. The van der Waals surface area contributed by atoms with Crippen LogP contribution >= 0.6 is 33.9 Å². The van der Waals surface area contributed by atoms with E-state index in [0.29, 0.717) is 15.2 Å². The van der Waals surface area contributed by atoms with Gasteiger partial charge in [0.2, 0.25) is 0 Å². The monoisotopic (exact) mass is 553 g/mol. The molecule has 0 unspecified atom stereocenters. The highest BCUT2D eigenvalue weighted by molar-refractivity contribution is 14.1. The predicted octanol–water partition coefficient (Wildman–Crippen LogP) is 4.08. The molecule has 0 spiro atoms. The zero-order valence-electron chi connectivity index (χ0n) is 16.6. The van der Waals surface area contributed by atoms with E-state index in [1.807, 2.05) is 66.7 Å². The number of fused-ring (bicyclic) bond motifs is 3. The van der Waals surface area contributed by atoms with Crippen LogP contribution in [-0.4, -0.2) is 21.9 Å². The largest absolute Gasteiger partial charge is 0.484 e. The van der Waals surface area contributed by atoms with Crippen molar-refractivity contribution in [3.63, 3.8) is 0 Å². The normalized spacial score (nSPS) is 11.8. The van der Waals surface area contributed by atoms with Gasteiger partial charge in [-0.3, -0.25) is 9.59 Å². The number of hydrogen-bond donors (Lipinski definition) is 1. The lowest BCUT2D eigenvalue weighted by Crippen LogP contribution is -2.22. The van der Waals surface area contributed by atoms with E-state index in [0.717, 1.165) is 25.9 Å². The number of carbonyl (C=O) groups is 1. The molecule has 3 aromatic carbocycles. The topological polar surface area (TPSA) is 72.7 Å². The van der Waals surface area contributed by atoms with Crippen LogP contribution in [0.15, 0.2) is 77.6 Å². The van der Waals surface area contributed by atoms with Crippen LogP contribution in [0.25, 0.3) is 22.1 Å². The summed E-state index contributed by atoms with van der Waals surface area (Å²) in [5, 5.41) is 2.83. The smallest absolute Gasteiger partial charge is 0.274 e. The average Bonchev–Trinajstić information content (AvgIpc) is 3.31. The number of ether oxygens (including phenoxy) is 1. The first-order chi connectivity index (χ1) is 15.6. The number of halogens is 1. The summed E-state index contributed by atoms with van der Waals surface area (Å²) in [6.07, 6.45) is 1.84. The van der Waals surface area contributed by atoms with Crippen LogP contribution in [0.4, 0.5) is 5.69 Å². The number of aromatic nitrogens is 2. The highest BCUT2D eigenvalue weighted by Crippen LogP contribution is 2.18. The highest BCUT2D eigenvalue weighted by atomic mass is 127. The Kier molecular flexibility index (Phi) is 5.62. The van der Waals surface area contributed by atoms with Gasteiger partial charge in [-0.05, 0) is 70.6 Å². The third-order valence-electron chi connectivity index (χ3n) is 4.84. The second-order valence-electron chi connectivity index (χ2n) is 7.02. The number of amides is 1. The zero-order valence-corrected chi connectivity index (χ0v) is 19.6. The van der Waals surface area contributed by atoms with Gasteiger partial charge in [0.15, 0.2) is 11.6 Å². The lowest BCUT2D eigenvalue weighted by atomic mass is 10.2. The number of thiazole rings is 1. The van der Waals surface area contributed by atoms with Crippen molar-refractivity contribution >= 4 is 67.6 Å². The summed E-state index contributed by atoms with van der Waals surface area (Å²) in [7, 11) is 0.